The fourth-order valence-electron chi connectivity index (χ4n) is 1.59. The minimum Gasteiger partial charge on any atom is -0.386 e. The van der Waals surface area contributed by atoms with Gasteiger partial charge in [0.2, 0.25) is 7.82 Å². The van der Waals surface area contributed by atoms with E-state index in [-0.39, 0.29) is 5.81 Å². The summed E-state index contributed by atoms with van der Waals surface area (Å²) in [6.07, 6.45) is 0. The van der Waals surface area contributed by atoms with Gasteiger partial charge in [-0.05, 0) is 27.7 Å². The molecule has 0 aromatic heterocycles. The first-order valence-corrected chi connectivity index (χ1v) is 7.99. The number of rotatable bonds is 9. The minimum absolute atomic E-state index is 0.0335. The monoisotopic (exact) mass is 251 g/mol. The van der Waals surface area contributed by atoms with E-state index in [0.29, 0.717) is 26.4 Å². The van der Waals surface area contributed by atoms with Crippen molar-refractivity contribution in [3.05, 3.63) is 0 Å². The molecule has 0 aliphatic rings. The minimum atomic E-state index is -2.37. The molecule has 0 bridgehead atoms. The van der Waals surface area contributed by atoms with E-state index in [1.165, 1.54) is 0 Å². The Kier molecular flexibility index (Phi) is 8.85. The van der Waals surface area contributed by atoms with Crippen molar-refractivity contribution in [2.75, 3.05) is 26.4 Å². The largest absolute Gasteiger partial charge is 0.386 e. The third-order valence-electron chi connectivity index (χ3n) is 1.99. The van der Waals surface area contributed by atoms with Gasteiger partial charge >= 0.3 is 7.00 Å². The molecule has 1 N–H and O–H groups in total. The summed E-state index contributed by atoms with van der Waals surface area (Å²) in [4.78, 5) is 11.6. The van der Waals surface area contributed by atoms with Crippen LogP contribution in [0.1, 0.15) is 27.7 Å². The molecule has 7 heteroatoms. The van der Waals surface area contributed by atoms with Crippen molar-refractivity contribution in [1.82, 2.24) is 5.32 Å². The van der Waals surface area contributed by atoms with Crippen LogP contribution in [0.5, 0.6) is 0 Å². The summed E-state index contributed by atoms with van der Waals surface area (Å²) in [7, 11) is -2.37. The second-order valence-corrected chi connectivity index (χ2v) is 6.10. The summed E-state index contributed by atoms with van der Waals surface area (Å²) in [5, 5.41) is 2.78. The first kappa shape index (κ1) is 15.8. The van der Waals surface area contributed by atoms with Gasteiger partial charge in [0.25, 0.3) is 0 Å². The lowest BCUT2D eigenvalue weighted by Crippen LogP contribution is -2.30. The Labute approximate surface area is 99.0 Å². The van der Waals surface area contributed by atoms with Crippen LogP contribution >= 0.6 is 7.82 Å². The van der Waals surface area contributed by atoms with Gasteiger partial charge in [-0.1, -0.05) is 0 Å². The normalized spacial score (nSPS) is 11.5. The lowest BCUT2D eigenvalue weighted by Gasteiger charge is -2.27. The van der Waals surface area contributed by atoms with Crippen LogP contribution < -0.4 is 5.32 Å². The van der Waals surface area contributed by atoms with Gasteiger partial charge in [-0.2, -0.15) is 0 Å². The molecule has 0 atom stereocenters. The molecule has 0 rings (SSSR count). The molecule has 0 fully saturated rings. The Morgan fingerprint density at radius 3 is 1.81 bits per heavy atom. The lowest BCUT2D eigenvalue weighted by molar-refractivity contribution is 0.166. The molecular formula is C9H23BNO4P. The van der Waals surface area contributed by atoms with Crippen molar-refractivity contribution in [1.29, 1.82) is 0 Å². The molecule has 0 saturated carbocycles. The Hall–Kier alpha value is -0.155. The summed E-state index contributed by atoms with van der Waals surface area (Å²) < 4.78 is 16.8. The van der Waals surface area contributed by atoms with Crippen molar-refractivity contribution in [2.24, 2.45) is 0 Å². The van der Waals surface area contributed by atoms with Gasteiger partial charge < -0.3 is 10.1 Å². The zero-order chi connectivity index (χ0) is 12.4. The smallest absolute Gasteiger partial charge is 0.325 e. The maximum atomic E-state index is 11.6. The fourth-order valence-corrected chi connectivity index (χ4v) is 4.26. The number of amides is 1. The molecule has 0 aromatic carbocycles. The molecule has 1 amide bonds. The van der Waals surface area contributed by atoms with E-state index >= 15 is 0 Å². The van der Waals surface area contributed by atoms with Crippen LogP contribution in [-0.2, 0) is 13.6 Å². The summed E-state index contributed by atoms with van der Waals surface area (Å²) in [6, 6.07) is 0. The second kappa shape index (κ2) is 8.94. The highest BCUT2D eigenvalue weighted by Gasteiger charge is 2.38. The standard InChI is InChI=1S/C9H23BNO4P/c1-5-11-9(12)10-16(13-6-2,14-7-3)15-8-4/h5-8,10H2,1-4H3,(H,11,12). The highest BCUT2D eigenvalue weighted by molar-refractivity contribution is 7.93. The molecule has 0 radical (unpaired) electrons. The molecule has 0 aromatic rings. The van der Waals surface area contributed by atoms with Crippen LogP contribution in [0.15, 0.2) is 0 Å². The SMILES string of the molecule is CCNC(=O)[BH2-][P+](OCC)(OCC)OCC. The highest BCUT2D eigenvalue weighted by atomic mass is 31.2. The molecular weight excluding hydrogens is 228 g/mol. The van der Waals surface area contributed by atoms with E-state index in [1.807, 2.05) is 27.7 Å². The van der Waals surface area contributed by atoms with Gasteiger partial charge in [-0.25, -0.2) is 13.6 Å². The molecule has 0 aliphatic heterocycles. The zero-order valence-corrected chi connectivity index (χ0v) is 11.8. The predicted molar refractivity (Wildman–Crippen MR) is 69.4 cm³/mol. The summed E-state index contributed by atoms with van der Waals surface area (Å²) in [5.74, 6) is 0.0335. The van der Waals surface area contributed by atoms with E-state index in [9.17, 15) is 4.79 Å². The van der Waals surface area contributed by atoms with E-state index in [0.717, 1.165) is 0 Å². The van der Waals surface area contributed by atoms with E-state index in [2.05, 4.69) is 5.32 Å². The van der Waals surface area contributed by atoms with Crippen LogP contribution in [0.2, 0.25) is 0 Å². The second-order valence-electron chi connectivity index (χ2n) is 3.33. The van der Waals surface area contributed by atoms with Crippen LogP contribution in [0.25, 0.3) is 0 Å². The first-order valence-electron chi connectivity index (χ1n) is 6.00. The van der Waals surface area contributed by atoms with Gasteiger partial charge in [-0.3, -0.25) is 0 Å². The Morgan fingerprint density at radius 2 is 1.50 bits per heavy atom. The number of carbonyl (C=O) groups excluding carboxylic acids is 1. The fraction of sp³-hybridized carbons (Fsp3) is 0.889. The van der Waals surface area contributed by atoms with Gasteiger partial charge in [0.1, 0.15) is 0 Å². The van der Waals surface area contributed by atoms with Gasteiger partial charge in [0, 0.05) is 6.54 Å². The molecule has 5 nitrogen and oxygen atoms in total. The maximum absolute atomic E-state index is 11.6. The number of carbonyl (C=O) groups is 1. The maximum Gasteiger partial charge on any atom is 0.325 e. The van der Waals surface area contributed by atoms with Crippen molar-refractivity contribution in [3.8, 4) is 0 Å². The predicted octanol–water partition coefficient (Wildman–Crippen LogP) is 1.67. The molecule has 0 saturated heterocycles. The van der Waals surface area contributed by atoms with E-state index in [1.54, 1.807) is 0 Å². The van der Waals surface area contributed by atoms with Crippen LogP contribution in [0.3, 0.4) is 0 Å². The summed E-state index contributed by atoms with van der Waals surface area (Å²) >= 11 is 0. The summed E-state index contributed by atoms with van der Waals surface area (Å²) in [6.45, 7) is 8.65. The van der Waals surface area contributed by atoms with Crippen molar-refractivity contribution in [3.63, 3.8) is 0 Å². The van der Waals surface area contributed by atoms with Crippen molar-refractivity contribution >= 4 is 20.6 Å². The number of nitrogens with one attached hydrogen (secondary N) is 1. The highest BCUT2D eigenvalue weighted by Crippen LogP contribution is 2.60. The average molecular weight is 251 g/mol. The number of hydrogen-bond acceptors (Lipinski definition) is 4. The van der Waals surface area contributed by atoms with Gasteiger partial charge in [0.05, 0.1) is 25.6 Å². The zero-order valence-electron chi connectivity index (χ0n) is 10.9. The van der Waals surface area contributed by atoms with Gasteiger partial charge in [0.15, 0.2) is 0 Å². The molecule has 0 spiro atoms. The van der Waals surface area contributed by atoms with E-state index < -0.39 is 14.8 Å². The number of hydrogen-bond donors (Lipinski definition) is 1. The molecule has 16 heavy (non-hydrogen) atoms. The van der Waals surface area contributed by atoms with Gasteiger partial charge in [-0.15, -0.1) is 0 Å². The Balaban J connectivity index is 4.51. The molecule has 0 heterocycles. The van der Waals surface area contributed by atoms with E-state index in [4.69, 9.17) is 13.6 Å². The van der Waals surface area contributed by atoms with Crippen molar-refractivity contribution < 1.29 is 18.4 Å². The average Bonchev–Trinajstić information content (AvgIpc) is 2.18. The van der Waals surface area contributed by atoms with Crippen LogP contribution in [-0.4, -0.2) is 39.2 Å². The third kappa shape index (κ3) is 5.80. The van der Waals surface area contributed by atoms with Crippen LogP contribution in [0.4, 0.5) is 4.79 Å². The lowest BCUT2D eigenvalue weighted by atomic mass is 10.1. The molecule has 0 unspecified atom stereocenters. The third-order valence-corrected chi connectivity index (χ3v) is 5.13. The van der Waals surface area contributed by atoms with Crippen LogP contribution in [0, 0.1) is 0 Å². The first-order chi connectivity index (χ1) is 7.64. The topological polar surface area (TPSA) is 56.8 Å². The quantitative estimate of drug-likeness (QED) is 0.500. The Morgan fingerprint density at radius 1 is 1.06 bits per heavy atom. The Bertz CT molecular complexity index is 189. The molecule has 96 valence electrons. The molecule has 0 aliphatic carbocycles. The van der Waals surface area contributed by atoms with Crippen molar-refractivity contribution in [2.45, 2.75) is 27.7 Å². The summed E-state index contributed by atoms with van der Waals surface area (Å²) in [5.41, 5.74) is 0.